The lowest BCUT2D eigenvalue weighted by atomic mass is 10.00. The lowest BCUT2D eigenvalue weighted by molar-refractivity contribution is -0.141. The molecule has 0 amide bonds. The van der Waals surface area contributed by atoms with E-state index in [0.29, 0.717) is 16.8 Å². The highest BCUT2D eigenvalue weighted by molar-refractivity contribution is 9.10. The van der Waals surface area contributed by atoms with E-state index >= 15 is 0 Å². The van der Waals surface area contributed by atoms with Gasteiger partial charge in [0.25, 0.3) is 0 Å². The molecule has 10 heteroatoms. The molecule has 148 valence electrons. The van der Waals surface area contributed by atoms with E-state index in [-0.39, 0.29) is 36.1 Å². The molecule has 0 aliphatic carbocycles. The molecule has 9 nitrogen and oxygen atoms in total. The number of carbonyl (C=O) groups is 2. The summed E-state index contributed by atoms with van der Waals surface area (Å²) in [5.74, 6) is -0.285. The summed E-state index contributed by atoms with van der Waals surface area (Å²) >= 11 is 3.43. The summed E-state index contributed by atoms with van der Waals surface area (Å²) in [5.41, 5.74) is 2.77. The van der Waals surface area contributed by atoms with Crippen LogP contribution < -0.4 is 0 Å². The zero-order chi connectivity index (χ0) is 21.1. The van der Waals surface area contributed by atoms with Crippen LogP contribution in [0.1, 0.15) is 34.0 Å². The van der Waals surface area contributed by atoms with Crippen LogP contribution >= 0.6 is 15.9 Å². The molecule has 2 aromatic heterocycles. The minimum absolute atomic E-state index is 0.119. The first-order valence-electron chi connectivity index (χ1n) is 8.64. The number of aryl methyl sites for hydroxylation is 1. The molecular weight excluding hydrogens is 440 g/mol. The van der Waals surface area contributed by atoms with Crippen LogP contribution in [0.25, 0.3) is 16.4 Å². The number of aromatic nitrogens is 5. The summed E-state index contributed by atoms with van der Waals surface area (Å²) in [6.45, 7) is 12.8. The molecule has 0 bridgehead atoms. The van der Waals surface area contributed by atoms with Gasteiger partial charge < -0.3 is 14.6 Å². The number of ether oxygens (including phenoxy) is 1. The Morgan fingerprint density at radius 1 is 1.34 bits per heavy atom. The molecule has 2 heterocycles. The van der Waals surface area contributed by atoms with E-state index < -0.39 is 5.97 Å². The van der Waals surface area contributed by atoms with Gasteiger partial charge in [-0.1, -0.05) is 34.6 Å². The van der Waals surface area contributed by atoms with Gasteiger partial charge in [-0.05, 0) is 30.7 Å². The van der Waals surface area contributed by atoms with Crippen molar-refractivity contribution in [1.29, 1.82) is 0 Å². The van der Waals surface area contributed by atoms with Gasteiger partial charge in [0.2, 0.25) is 11.6 Å². The van der Waals surface area contributed by atoms with Crippen LogP contribution in [-0.2, 0) is 16.1 Å². The SMILES string of the molecule is [C-]#[N+]c1[nH]c(-c2nnn(CCOC(C)=O)n2)c(C)c1C(=O)c1ccc(C)c(Br)c1. The second-order valence-corrected chi connectivity index (χ2v) is 7.16. The first kappa shape index (κ1) is 20.4. The quantitative estimate of drug-likeness (QED) is 0.346. The number of H-pyrrole nitrogens is 1. The zero-order valence-corrected chi connectivity index (χ0v) is 17.6. The summed E-state index contributed by atoms with van der Waals surface area (Å²) in [4.78, 5) is 31.6. The van der Waals surface area contributed by atoms with E-state index in [9.17, 15) is 9.59 Å². The monoisotopic (exact) mass is 456 g/mol. The Balaban J connectivity index is 1.93. The Morgan fingerprint density at radius 3 is 2.76 bits per heavy atom. The second-order valence-electron chi connectivity index (χ2n) is 6.30. The molecule has 0 fully saturated rings. The fraction of sp³-hybridized carbons (Fsp3) is 0.263. The van der Waals surface area contributed by atoms with Gasteiger partial charge in [0.05, 0.1) is 12.1 Å². The molecule has 0 unspecified atom stereocenters. The van der Waals surface area contributed by atoms with E-state index in [2.05, 4.69) is 41.2 Å². The lowest BCUT2D eigenvalue weighted by Gasteiger charge is -2.04. The smallest absolute Gasteiger partial charge is 0.302 e. The highest BCUT2D eigenvalue weighted by atomic mass is 79.9. The van der Waals surface area contributed by atoms with Gasteiger partial charge in [-0.2, -0.15) is 4.80 Å². The van der Waals surface area contributed by atoms with Crippen molar-refractivity contribution in [3.8, 4) is 11.5 Å². The Labute approximate surface area is 175 Å². The summed E-state index contributed by atoms with van der Waals surface area (Å²) in [5, 5.41) is 12.1. The first-order valence-corrected chi connectivity index (χ1v) is 9.43. The average Bonchev–Trinajstić information content (AvgIpc) is 3.27. The maximum Gasteiger partial charge on any atom is 0.302 e. The number of benzene rings is 1. The third-order valence-corrected chi connectivity index (χ3v) is 5.13. The Kier molecular flexibility index (Phi) is 5.89. The van der Waals surface area contributed by atoms with Gasteiger partial charge in [-0.25, -0.2) is 0 Å². The van der Waals surface area contributed by atoms with Crippen molar-refractivity contribution in [3.63, 3.8) is 0 Å². The molecule has 29 heavy (non-hydrogen) atoms. The normalized spacial score (nSPS) is 10.6. The van der Waals surface area contributed by atoms with Gasteiger partial charge in [0, 0.05) is 22.5 Å². The predicted octanol–water partition coefficient (Wildman–Crippen LogP) is 3.39. The number of rotatable bonds is 6. The van der Waals surface area contributed by atoms with Crippen molar-refractivity contribution in [2.75, 3.05) is 6.61 Å². The number of carbonyl (C=O) groups excluding carboxylic acids is 2. The number of hydrogen-bond donors (Lipinski definition) is 1. The van der Waals surface area contributed by atoms with Gasteiger partial charge in [-0.3, -0.25) is 9.59 Å². The summed E-state index contributed by atoms with van der Waals surface area (Å²) in [7, 11) is 0. The largest absolute Gasteiger partial charge is 0.464 e. The average molecular weight is 457 g/mol. The maximum absolute atomic E-state index is 13.1. The number of ketones is 1. The molecule has 3 aromatic rings. The summed E-state index contributed by atoms with van der Waals surface area (Å²) < 4.78 is 5.68. The maximum atomic E-state index is 13.1. The first-order chi connectivity index (χ1) is 13.8. The number of hydrogen-bond acceptors (Lipinski definition) is 6. The molecular formula is C19H17BrN6O3. The fourth-order valence-corrected chi connectivity index (χ4v) is 3.13. The number of aromatic amines is 1. The van der Waals surface area contributed by atoms with Crippen molar-refractivity contribution >= 4 is 33.5 Å². The summed E-state index contributed by atoms with van der Waals surface area (Å²) in [6.07, 6.45) is 0. The van der Waals surface area contributed by atoms with Crippen molar-refractivity contribution in [2.45, 2.75) is 27.3 Å². The van der Waals surface area contributed by atoms with Crippen molar-refractivity contribution in [3.05, 3.63) is 56.3 Å². The van der Waals surface area contributed by atoms with E-state index in [1.165, 1.54) is 11.7 Å². The molecule has 1 aromatic carbocycles. The zero-order valence-electron chi connectivity index (χ0n) is 16.0. The minimum Gasteiger partial charge on any atom is -0.464 e. The molecule has 1 N–H and O–H groups in total. The number of nitrogens with one attached hydrogen (secondary N) is 1. The lowest BCUT2D eigenvalue weighted by Crippen LogP contribution is -2.11. The highest BCUT2D eigenvalue weighted by Gasteiger charge is 2.25. The third-order valence-electron chi connectivity index (χ3n) is 4.28. The molecule has 0 aliphatic heterocycles. The van der Waals surface area contributed by atoms with Crippen LogP contribution in [0.3, 0.4) is 0 Å². The molecule has 0 atom stereocenters. The number of nitrogens with zero attached hydrogens (tertiary/aromatic N) is 5. The van der Waals surface area contributed by atoms with Crippen molar-refractivity contribution < 1.29 is 14.3 Å². The third kappa shape index (κ3) is 4.25. The molecule has 0 aliphatic rings. The summed E-state index contributed by atoms with van der Waals surface area (Å²) in [6, 6.07) is 5.31. The van der Waals surface area contributed by atoms with Crippen molar-refractivity contribution in [2.24, 2.45) is 0 Å². The topological polar surface area (TPSA) is 107 Å². The standard InChI is InChI=1S/C19H17BrN6O3/c1-10-5-6-13(9-14(10)20)17(28)15-11(2)16(22-18(15)21-4)19-23-25-26(24-19)7-8-29-12(3)27/h5-6,9,22H,7-8H2,1-3H3. The van der Waals surface area contributed by atoms with Crippen LogP contribution in [0, 0.1) is 20.4 Å². The molecule has 0 radical (unpaired) electrons. The number of esters is 1. The van der Waals surface area contributed by atoms with Crippen LogP contribution in [0.5, 0.6) is 0 Å². The van der Waals surface area contributed by atoms with Gasteiger partial charge in [-0.15, -0.1) is 10.2 Å². The Hall–Kier alpha value is -3.32. The van der Waals surface area contributed by atoms with Crippen LogP contribution in [0.15, 0.2) is 22.7 Å². The molecule has 0 spiro atoms. The van der Waals surface area contributed by atoms with Crippen molar-refractivity contribution in [1.82, 2.24) is 25.2 Å². The highest BCUT2D eigenvalue weighted by Crippen LogP contribution is 2.33. The van der Waals surface area contributed by atoms with E-state index in [4.69, 9.17) is 11.3 Å². The van der Waals surface area contributed by atoms with Crippen LogP contribution in [-0.4, -0.2) is 43.6 Å². The van der Waals surface area contributed by atoms with Crippen LogP contribution in [0.2, 0.25) is 0 Å². The Bertz CT molecular complexity index is 1140. The number of halogens is 1. The van der Waals surface area contributed by atoms with Gasteiger partial charge in [0.15, 0.2) is 11.5 Å². The fourth-order valence-electron chi connectivity index (χ4n) is 2.75. The molecule has 0 saturated carbocycles. The predicted molar refractivity (Wildman–Crippen MR) is 108 cm³/mol. The van der Waals surface area contributed by atoms with E-state index in [1.807, 2.05) is 13.0 Å². The van der Waals surface area contributed by atoms with Gasteiger partial charge in [0.1, 0.15) is 6.61 Å². The second kappa shape index (κ2) is 8.36. The molecule has 0 saturated heterocycles. The van der Waals surface area contributed by atoms with Crippen LogP contribution in [0.4, 0.5) is 5.82 Å². The Morgan fingerprint density at radius 2 is 2.10 bits per heavy atom. The van der Waals surface area contributed by atoms with Gasteiger partial charge >= 0.3 is 5.97 Å². The van der Waals surface area contributed by atoms with E-state index in [1.54, 1.807) is 19.1 Å². The molecule has 3 rings (SSSR count). The van der Waals surface area contributed by atoms with E-state index in [0.717, 1.165) is 10.0 Å². The number of tetrazole rings is 1. The minimum atomic E-state index is -0.391.